The van der Waals surface area contributed by atoms with Crippen LogP contribution in [0, 0.1) is 10.1 Å². The number of aromatic nitrogens is 3. The highest BCUT2D eigenvalue weighted by atomic mass is 35.5. The van der Waals surface area contributed by atoms with Crippen LogP contribution in [0.1, 0.15) is 0 Å². The van der Waals surface area contributed by atoms with Gasteiger partial charge in [0.25, 0.3) is 5.69 Å². The number of nitrogens with zero attached hydrogens (tertiary/aromatic N) is 6. The fourth-order valence-corrected chi connectivity index (χ4v) is 4.14. The number of azo groups is 1. The van der Waals surface area contributed by atoms with Gasteiger partial charge in [-0.1, -0.05) is 53.3 Å². The standard InChI is InChI=1S/C22H13ClN6O2S/c23-16-8-6-15(7-9-16)20-24-22-28(27-20)19(14-4-2-1-3-5-14)21(32-22)26-25-17-10-12-18(13-11-17)29(30)31/h1-13H. The second-order valence-corrected chi connectivity index (χ2v) is 8.12. The van der Waals surface area contributed by atoms with Crippen LogP contribution >= 0.6 is 22.9 Å². The predicted octanol–water partition coefficient (Wildman–Crippen LogP) is 7.10. The lowest BCUT2D eigenvalue weighted by Gasteiger charge is -2.01. The molecule has 0 aliphatic carbocycles. The molecule has 0 amide bonds. The molecule has 0 aliphatic heterocycles. The van der Waals surface area contributed by atoms with E-state index in [1.54, 1.807) is 28.8 Å². The van der Waals surface area contributed by atoms with Crippen molar-refractivity contribution in [1.82, 2.24) is 14.6 Å². The summed E-state index contributed by atoms with van der Waals surface area (Å²) in [6.45, 7) is 0. The van der Waals surface area contributed by atoms with Crippen molar-refractivity contribution in [2.75, 3.05) is 0 Å². The first-order valence-corrected chi connectivity index (χ1v) is 10.6. The fraction of sp³-hybridized carbons (Fsp3) is 0. The van der Waals surface area contributed by atoms with Crippen molar-refractivity contribution in [2.45, 2.75) is 0 Å². The van der Waals surface area contributed by atoms with Gasteiger partial charge in [-0.15, -0.1) is 15.3 Å². The molecule has 5 aromatic rings. The van der Waals surface area contributed by atoms with Gasteiger partial charge in [0.15, 0.2) is 10.8 Å². The van der Waals surface area contributed by atoms with E-state index in [2.05, 4.69) is 15.2 Å². The summed E-state index contributed by atoms with van der Waals surface area (Å²) in [5.41, 5.74) is 3.06. The summed E-state index contributed by atoms with van der Waals surface area (Å²) < 4.78 is 1.76. The van der Waals surface area contributed by atoms with Crippen LogP contribution < -0.4 is 0 Å². The molecule has 0 N–H and O–H groups in total. The number of hydrogen-bond acceptors (Lipinski definition) is 7. The van der Waals surface area contributed by atoms with Crippen molar-refractivity contribution in [2.24, 2.45) is 10.2 Å². The van der Waals surface area contributed by atoms with Gasteiger partial charge in [-0.25, -0.2) is 4.52 Å². The van der Waals surface area contributed by atoms with E-state index < -0.39 is 4.92 Å². The molecular formula is C22H13ClN6O2S. The molecule has 5 rings (SSSR count). The first-order chi connectivity index (χ1) is 15.6. The third-order valence-corrected chi connectivity index (χ3v) is 5.81. The molecule has 10 heteroatoms. The maximum Gasteiger partial charge on any atom is 0.269 e. The van der Waals surface area contributed by atoms with Gasteiger partial charge in [0.2, 0.25) is 4.96 Å². The van der Waals surface area contributed by atoms with E-state index in [0.29, 0.717) is 26.5 Å². The van der Waals surface area contributed by atoms with Crippen LogP contribution in [-0.2, 0) is 0 Å². The highest BCUT2D eigenvalue weighted by Crippen LogP contribution is 2.39. The average Bonchev–Trinajstić information content (AvgIpc) is 3.36. The smallest absolute Gasteiger partial charge is 0.258 e. The van der Waals surface area contributed by atoms with Gasteiger partial charge < -0.3 is 0 Å². The Morgan fingerprint density at radius 1 is 0.906 bits per heavy atom. The van der Waals surface area contributed by atoms with Crippen molar-refractivity contribution in [3.05, 3.63) is 94.0 Å². The first kappa shape index (κ1) is 20.0. The third-order valence-electron chi connectivity index (χ3n) is 4.65. The summed E-state index contributed by atoms with van der Waals surface area (Å²) >= 11 is 7.35. The van der Waals surface area contributed by atoms with E-state index in [1.165, 1.54) is 23.5 Å². The van der Waals surface area contributed by atoms with Gasteiger partial charge in [-0.3, -0.25) is 10.1 Å². The molecule has 0 spiro atoms. The maximum absolute atomic E-state index is 10.8. The Labute approximate surface area is 190 Å². The topological polar surface area (TPSA) is 98.0 Å². The summed E-state index contributed by atoms with van der Waals surface area (Å²) in [6.07, 6.45) is 0. The fourth-order valence-electron chi connectivity index (χ4n) is 3.11. The molecule has 0 unspecified atom stereocenters. The highest BCUT2D eigenvalue weighted by molar-refractivity contribution is 7.21. The predicted molar refractivity (Wildman–Crippen MR) is 124 cm³/mol. The summed E-state index contributed by atoms with van der Waals surface area (Å²) in [6, 6.07) is 23.0. The lowest BCUT2D eigenvalue weighted by Crippen LogP contribution is -1.89. The zero-order chi connectivity index (χ0) is 22.1. The molecule has 0 bridgehead atoms. The normalized spacial score (nSPS) is 11.4. The Bertz CT molecular complexity index is 1440. The van der Waals surface area contributed by atoms with Crippen molar-refractivity contribution >= 4 is 44.3 Å². The maximum atomic E-state index is 10.8. The SMILES string of the molecule is O=[N+]([O-])c1ccc(N=Nc2sc3nc(-c4ccc(Cl)cc4)nn3c2-c2ccccc2)cc1. The van der Waals surface area contributed by atoms with Crippen LogP contribution in [0.15, 0.2) is 89.1 Å². The first-order valence-electron chi connectivity index (χ1n) is 9.45. The Hall–Kier alpha value is -3.95. The minimum absolute atomic E-state index is 0.00227. The molecular weight excluding hydrogens is 448 g/mol. The Balaban J connectivity index is 1.58. The molecule has 2 heterocycles. The molecule has 8 nitrogen and oxygen atoms in total. The number of hydrogen-bond donors (Lipinski definition) is 0. The van der Waals surface area contributed by atoms with Gasteiger partial charge in [0, 0.05) is 28.3 Å². The minimum Gasteiger partial charge on any atom is -0.258 e. The van der Waals surface area contributed by atoms with Gasteiger partial charge in [-0.05, 0) is 36.4 Å². The number of rotatable bonds is 5. The largest absolute Gasteiger partial charge is 0.269 e. The molecule has 3 aromatic carbocycles. The lowest BCUT2D eigenvalue weighted by atomic mass is 10.2. The van der Waals surface area contributed by atoms with Crippen molar-refractivity contribution in [3.63, 3.8) is 0 Å². The van der Waals surface area contributed by atoms with E-state index in [1.807, 2.05) is 42.5 Å². The van der Waals surface area contributed by atoms with Crippen LogP contribution in [0.25, 0.3) is 27.6 Å². The zero-order valence-corrected chi connectivity index (χ0v) is 17.9. The summed E-state index contributed by atoms with van der Waals surface area (Å²) in [5, 5.41) is 25.5. The number of halogens is 1. The second-order valence-electron chi connectivity index (χ2n) is 6.73. The molecule has 0 saturated heterocycles. The number of nitro benzene ring substituents is 1. The average molecular weight is 461 g/mol. The van der Waals surface area contributed by atoms with Crippen LogP contribution in [0.2, 0.25) is 5.02 Å². The van der Waals surface area contributed by atoms with E-state index in [9.17, 15) is 10.1 Å². The van der Waals surface area contributed by atoms with Gasteiger partial charge in [0.05, 0.1) is 10.6 Å². The molecule has 32 heavy (non-hydrogen) atoms. The monoisotopic (exact) mass is 460 g/mol. The van der Waals surface area contributed by atoms with Crippen molar-refractivity contribution in [1.29, 1.82) is 0 Å². The highest BCUT2D eigenvalue weighted by Gasteiger charge is 2.19. The molecule has 2 aromatic heterocycles. The quantitative estimate of drug-likeness (QED) is 0.158. The van der Waals surface area contributed by atoms with Crippen LogP contribution in [0.5, 0.6) is 0 Å². The zero-order valence-electron chi connectivity index (χ0n) is 16.3. The number of thiazole rings is 1. The van der Waals surface area contributed by atoms with Crippen LogP contribution in [0.4, 0.5) is 16.4 Å². The van der Waals surface area contributed by atoms with Crippen LogP contribution in [-0.4, -0.2) is 19.5 Å². The Morgan fingerprint density at radius 2 is 1.62 bits per heavy atom. The molecule has 0 saturated carbocycles. The van der Waals surface area contributed by atoms with Crippen LogP contribution in [0.3, 0.4) is 0 Å². The van der Waals surface area contributed by atoms with E-state index in [4.69, 9.17) is 16.7 Å². The van der Waals surface area contributed by atoms with Gasteiger partial charge in [0.1, 0.15) is 5.69 Å². The molecule has 0 fully saturated rings. The summed E-state index contributed by atoms with van der Waals surface area (Å²) in [7, 11) is 0. The third kappa shape index (κ3) is 3.86. The Kier molecular flexibility index (Phi) is 5.18. The number of non-ortho nitro benzene ring substituents is 1. The lowest BCUT2D eigenvalue weighted by molar-refractivity contribution is -0.384. The molecule has 156 valence electrons. The van der Waals surface area contributed by atoms with Crippen molar-refractivity contribution < 1.29 is 4.92 Å². The number of benzene rings is 3. The van der Waals surface area contributed by atoms with Gasteiger partial charge in [-0.2, -0.15) is 4.98 Å². The summed E-state index contributed by atoms with van der Waals surface area (Å²) in [4.78, 5) is 15.7. The number of nitro groups is 1. The molecule has 0 atom stereocenters. The molecule has 0 radical (unpaired) electrons. The van der Waals surface area contributed by atoms with E-state index in [0.717, 1.165) is 16.8 Å². The number of fused-ring (bicyclic) bond motifs is 1. The summed E-state index contributed by atoms with van der Waals surface area (Å²) in [5.74, 6) is 0.587. The Morgan fingerprint density at radius 3 is 2.31 bits per heavy atom. The van der Waals surface area contributed by atoms with E-state index in [-0.39, 0.29) is 5.69 Å². The minimum atomic E-state index is -0.452. The van der Waals surface area contributed by atoms with Gasteiger partial charge >= 0.3 is 0 Å². The second kappa shape index (κ2) is 8.29. The molecule has 0 aliphatic rings. The van der Waals surface area contributed by atoms with E-state index >= 15 is 0 Å². The van der Waals surface area contributed by atoms with Crippen molar-refractivity contribution in [3.8, 4) is 22.6 Å².